The third-order valence-electron chi connectivity index (χ3n) is 2.82. The maximum atomic E-state index is 11.8. The Morgan fingerprint density at radius 2 is 2.00 bits per heavy atom. The van der Waals surface area contributed by atoms with Crippen molar-refractivity contribution in [1.82, 2.24) is 4.90 Å². The SMILES string of the molecule is CCOCC(=O)N(CC(=O)O)C1CCCC1. The fourth-order valence-corrected chi connectivity index (χ4v) is 2.05. The number of amides is 1. The van der Waals surface area contributed by atoms with E-state index >= 15 is 0 Å². The molecular weight excluding hydrogens is 210 g/mol. The molecule has 0 heterocycles. The molecule has 1 fully saturated rings. The van der Waals surface area contributed by atoms with Crippen molar-refractivity contribution in [2.24, 2.45) is 0 Å². The molecule has 1 aliphatic rings. The molecule has 0 aromatic carbocycles. The summed E-state index contributed by atoms with van der Waals surface area (Å²) in [7, 11) is 0. The summed E-state index contributed by atoms with van der Waals surface area (Å²) in [6, 6.07) is 0.0871. The summed E-state index contributed by atoms with van der Waals surface area (Å²) in [5.74, 6) is -1.17. The van der Waals surface area contributed by atoms with Crippen molar-refractivity contribution >= 4 is 11.9 Å². The van der Waals surface area contributed by atoms with Gasteiger partial charge in [0.2, 0.25) is 5.91 Å². The Balaban J connectivity index is 2.54. The van der Waals surface area contributed by atoms with Gasteiger partial charge in [0.25, 0.3) is 0 Å². The minimum absolute atomic E-state index is 0.0136. The molecule has 1 N–H and O–H groups in total. The van der Waals surface area contributed by atoms with Crippen molar-refractivity contribution in [2.45, 2.75) is 38.6 Å². The number of hydrogen-bond donors (Lipinski definition) is 1. The van der Waals surface area contributed by atoms with Crippen LogP contribution in [0, 0.1) is 0 Å². The van der Waals surface area contributed by atoms with Gasteiger partial charge in [0, 0.05) is 12.6 Å². The van der Waals surface area contributed by atoms with Gasteiger partial charge in [-0.15, -0.1) is 0 Å². The first-order chi connectivity index (χ1) is 7.65. The molecular formula is C11H19NO4. The lowest BCUT2D eigenvalue weighted by atomic mass is 10.2. The van der Waals surface area contributed by atoms with Gasteiger partial charge in [-0.1, -0.05) is 12.8 Å². The van der Waals surface area contributed by atoms with Gasteiger partial charge in [-0.05, 0) is 19.8 Å². The van der Waals surface area contributed by atoms with Gasteiger partial charge in [0.05, 0.1) is 0 Å². The van der Waals surface area contributed by atoms with E-state index in [0.29, 0.717) is 6.61 Å². The number of ether oxygens (including phenoxy) is 1. The van der Waals surface area contributed by atoms with Crippen LogP contribution in [0.5, 0.6) is 0 Å². The maximum Gasteiger partial charge on any atom is 0.323 e. The molecule has 0 atom stereocenters. The first-order valence-corrected chi connectivity index (χ1v) is 5.74. The smallest absolute Gasteiger partial charge is 0.323 e. The monoisotopic (exact) mass is 229 g/mol. The fourth-order valence-electron chi connectivity index (χ4n) is 2.05. The van der Waals surface area contributed by atoms with Gasteiger partial charge in [0.1, 0.15) is 13.2 Å². The molecule has 0 saturated heterocycles. The number of carbonyl (C=O) groups excluding carboxylic acids is 1. The highest BCUT2D eigenvalue weighted by molar-refractivity contribution is 5.82. The summed E-state index contributed by atoms with van der Waals surface area (Å²) >= 11 is 0. The van der Waals surface area contributed by atoms with E-state index in [-0.39, 0.29) is 25.1 Å². The van der Waals surface area contributed by atoms with E-state index in [0.717, 1.165) is 25.7 Å². The van der Waals surface area contributed by atoms with E-state index in [1.165, 1.54) is 4.90 Å². The molecule has 0 aromatic rings. The molecule has 92 valence electrons. The highest BCUT2D eigenvalue weighted by Crippen LogP contribution is 2.23. The zero-order chi connectivity index (χ0) is 12.0. The van der Waals surface area contributed by atoms with Crippen LogP contribution in [-0.4, -0.2) is 47.7 Å². The average molecular weight is 229 g/mol. The number of aliphatic carboxylic acids is 1. The quantitative estimate of drug-likeness (QED) is 0.734. The Morgan fingerprint density at radius 1 is 1.38 bits per heavy atom. The number of rotatable bonds is 6. The molecule has 1 amide bonds. The summed E-state index contributed by atoms with van der Waals surface area (Å²) in [6.45, 7) is 2.05. The van der Waals surface area contributed by atoms with Crippen molar-refractivity contribution in [2.75, 3.05) is 19.8 Å². The molecule has 0 bridgehead atoms. The molecule has 0 aromatic heterocycles. The lowest BCUT2D eigenvalue weighted by molar-refractivity contribution is -0.148. The van der Waals surface area contributed by atoms with Gasteiger partial charge >= 0.3 is 5.97 Å². The zero-order valence-electron chi connectivity index (χ0n) is 9.65. The standard InChI is InChI=1S/C11H19NO4/c1-2-16-8-10(13)12(7-11(14)15)9-5-3-4-6-9/h9H,2-8H2,1H3,(H,14,15). The lowest BCUT2D eigenvalue weighted by Gasteiger charge is -2.27. The second-order valence-electron chi connectivity index (χ2n) is 3.99. The normalized spacial score (nSPS) is 16.3. The molecule has 16 heavy (non-hydrogen) atoms. The summed E-state index contributed by atoms with van der Waals surface area (Å²) in [5.41, 5.74) is 0. The molecule has 0 spiro atoms. The Morgan fingerprint density at radius 3 is 2.50 bits per heavy atom. The van der Waals surface area contributed by atoms with Crippen LogP contribution in [0.1, 0.15) is 32.6 Å². The second-order valence-corrected chi connectivity index (χ2v) is 3.99. The van der Waals surface area contributed by atoms with Crippen LogP contribution < -0.4 is 0 Å². The average Bonchev–Trinajstić information content (AvgIpc) is 2.75. The molecule has 0 aliphatic heterocycles. The first-order valence-electron chi connectivity index (χ1n) is 5.74. The van der Waals surface area contributed by atoms with E-state index in [9.17, 15) is 9.59 Å². The first kappa shape index (κ1) is 13.0. The Bertz CT molecular complexity index is 248. The highest BCUT2D eigenvalue weighted by Gasteiger charge is 2.27. The molecule has 1 saturated carbocycles. The van der Waals surface area contributed by atoms with Crippen LogP contribution in [0.2, 0.25) is 0 Å². The predicted octanol–water partition coefficient (Wildman–Crippen LogP) is 0.879. The van der Waals surface area contributed by atoms with Crippen LogP contribution in [0.25, 0.3) is 0 Å². The Hall–Kier alpha value is -1.10. The van der Waals surface area contributed by atoms with Gasteiger partial charge in [0.15, 0.2) is 0 Å². The number of carboxylic acids is 1. The second kappa shape index (κ2) is 6.48. The van der Waals surface area contributed by atoms with Gasteiger partial charge in [-0.2, -0.15) is 0 Å². The van der Waals surface area contributed by atoms with Gasteiger partial charge in [-0.25, -0.2) is 0 Å². The van der Waals surface area contributed by atoms with Crippen molar-refractivity contribution in [3.63, 3.8) is 0 Å². The fraction of sp³-hybridized carbons (Fsp3) is 0.818. The van der Waals surface area contributed by atoms with Gasteiger partial charge < -0.3 is 14.7 Å². The van der Waals surface area contributed by atoms with Crippen molar-refractivity contribution in [3.05, 3.63) is 0 Å². The molecule has 5 nitrogen and oxygen atoms in total. The molecule has 0 unspecified atom stereocenters. The van der Waals surface area contributed by atoms with E-state index in [4.69, 9.17) is 9.84 Å². The Labute approximate surface area is 95.4 Å². The Kier molecular flexibility index (Phi) is 5.25. The summed E-state index contributed by atoms with van der Waals surface area (Å²) in [5, 5.41) is 8.78. The van der Waals surface area contributed by atoms with Crippen molar-refractivity contribution in [3.8, 4) is 0 Å². The highest BCUT2D eigenvalue weighted by atomic mass is 16.5. The van der Waals surface area contributed by atoms with E-state index < -0.39 is 5.97 Å². The van der Waals surface area contributed by atoms with Crippen LogP contribution in [0.4, 0.5) is 0 Å². The van der Waals surface area contributed by atoms with Crippen molar-refractivity contribution < 1.29 is 19.4 Å². The third-order valence-corrected chi connectivity index (χ3v) is 2.82. The summed E-state index contributed by atoms with van der Waals surface area (Å²) in [4.78, 5) is 23.9. The third kappa shape index (κ3) is 3.81. The number of carboxylic acid groups (broad SMARTS) is 1. The van der Waals surface area contributed by atoms with E-state index in [1.54, 1.807) is 0 Å². The van der Waals surface area contributed by atoms with Crippen molar-refractivity contribution in [1.29, 1.82) is 0 Å². The van der Waals surface area contributed by atoms with Crippen LogP contribution >= 0.6 is 0 Å². The summed E-state index contributed by atoms with van der Waals surface area (Å²) in [6.07, 6.45) is 3.96. The van der Waals surface area contributed by atoms with Crippen LogP contribution in [0.3, 0.4) is 0 Å². The predicted molar refractivity (Wildman–Crippen MR) is 58.1 cm³/mol. The summed E-state index contributed by atoms with van der Waals surface area (Å²) < 4.78 is 5.03. The number of nitrogens with zero attached hydrogens (tertiary/aromatic N) is 1. The topological polar surface area (TPSA) is 66.8 Å². The molecule has 1 rings (SSSR count). The largest absolute Gasteiger partial charge is 0.480 e. The molecule has 1 aliphatic carbocycles. The minimum Gasteiger partial charge on any atom is -0.480 e. The maximum absolute atomic E-state index is 11.8. The van der Waals surface area contributed by atoms with E-state index in [1.807, 2.05) is 6.92 Å². The van der Waals surface area contributed by atoms with Gasteiger partial charge in [-0.3, -0.25) is 9.59 Å². The minimum atomic E-state index is -0.961. The van der Waals surface area contributed by atoms with Crippen LogP contribution in [-0.2, 0) is 14.3 Å². The van der Waals surface area contributed by atoms with E-state index in [2.05, 4.69) is 0 Å². The molecule has 5 heteroatoms. The number of hydrogen-bond acceptors (Lipinski definition) is 3. The lowest BCUT2D eigenvalue weighted by Crippen LogP contribution is -2.44. The zero-order valence-corrected chi connectivity index (χ0v) is 9.65. The molecule has 0 radical (unpaired) electrons. The number of carbonyl (C=O) groups is 2. The van der Waals surface area contributed by atoms with Crippen LogP contribution in [0.15, 0.2) is 0 Å².